The fourth-order valence-corrected chi connectivity index (χ4v) is 3.19. The van der Waals surface area contributed by atoms with Gasteiger partial charge in [0.15, 0.2) is 0 Å². The number of aromatic nitrogens is 2. The molecule has 0 saturated heterocycles. The Labute approximate surface area is 136 Å². The molecule has 4 rings (SSSR count). The lowest BCUT2D eigenvalue weighted by Gasteiger charge is -2.10. The van der Waals surface area contributed by atoms with Gasteiger partial charge in [-0.15, -0.1) is 0 Å². The van der Waals surface area contributed by atoms with Crippen molar-refractivity contribution >= 4 is 55.8 Å². The molecular formula is C17H10Cl2N2O. The van der Waals surface area contributed by atoms with Crippen molar-refractivity contribution < 1.29 is 4.74 Å². The van der Waals surface area contributed by atoms with Crippen molar-refractivity contribution in [2.45, 2.75) is 0 Å². The number of hydrogen-bond donors (Lipinski definition) is 0. The van der Waals surface area contributed by atoms with Gasteiger partial charge in [0.05, 0.1) is 18.1 Å². The van der Waals surface area contributed by atoms with Gasteiger partial charge in [-0.1, -0.05) is 47.5 Å². The normalized spacial score (nSPS) is 11.4. The summed E-state index contributed by atoms with van der Waals surface area (Å²) in [7, 11) is 1.62. The van der Waals surface area contributed by atoms with Crippen LogP contribution in [-0.4, -0.2) is 17.1 Å². The first-order chi connectivity index (χ1) is 10.7. The highest BCUT2D eigenvalue weighted by Gasteiger charge is 2.13. The Bertz CT molecular complexity index is 1050. The molecule has 108 valence electrons. The minimum atomic E-state index is 0.427. The summed E-state index contributed by atoms with van der Waals surface area (Å²) in [6.45, 7) is 0. The molecule has 4 aromatic rings. The molecule has 0 fully saturated rings. The average molecular weight is 329 g/mol. The van der Waals surface area contributed by atoms with Crippen molar-refractivity contribution in [2.24, 2.45) is 0 Å². The van der Waals surface area contributed by atoms with E-state index in [0.717, 1.165) is 38.3 Å². The molecule has 5 heteroatoms. The van der Waals surface area contributed by atoms with Crippen molar-refractivity contribution in [3.63, 3.8) is 0 Å². The van der Waals surface area contributed by atoms with Crippen LogP contribution in [0.5, 0.6) is 5.75 Å². The maximum absolute atomic E-state index is 6.38. The zero-order valence-corrected chi connectivity index (χ0v) is 13.1. The van der Waals surface area contributed by atoms with Crippen LogP contribution in [0.4, 0.5) is 0 Å². The lowest BCUT2D eigenvalue weighted by Crippen LogP contribution is -1.92. The van der Waals surface area contributed by atoms with Crippen molar-refractivity contribution in [3.05, 3.63) is 52.8 Å². The highest BCUT2D eigenvalue weighted by molar-refractivity contribution is 6.38. The number of pyridine rings is 2. The van der Waals surface area contributed by atoms with Gasteiger partial charge >= 0.3 is 0 Å². The molecule has 0 saturated carbocycles. The van der Waals surface area contributed by atoms with Crippen LogP contribution in [0.3, 0.4) is 0 Å². The van der Waals surface area contributed by atoms with E-state index in [1.165, 1.54) is 0 Å². The van der Waals surface area contributed by atoms with Gasteiger partial charge in [0, 0.05) is 21.5 Å². The topological polar surface area (TPSA) is 35.0 Å². The third kappa shape index (κ3) is 1.90. The Kier molecular flexibility index (Phi) is 3.06. The molecule has 22 heavy (non-hydrogen) atoms. The van der Waals surface area contributed by atoms with Crippen LogP contribution in [0.1, 0.15) is 0 Å². The molecule has 0 aliphatic heterocycles. The van der Waals surface area contributed by atoms with Gasteiger partial charge in [0.2, 0.25) is 0 Å². The number of nitrogens with zero attached hydrogens (tertiary/aromatic N) is 2. The first-order valence-electron chi connectivity index (χ1n) is 6.70. The number of hydrogen-bond acceptors (Lipinski definition) is 3. The molecule has 3 nitrogen and oxygen atoms in total. The fraction of sp³-hybridized carbons (Fsp3) is 0.0588. The van der Waals surface area contributed by atoms with Crippen LogP contribution in [0.15, 0.2) is 42.5 Å². The molecule has 2 heterocycles. The Hall–Kier alpha value is -2.10. The number of halogens is 2. The predicted octanol–water partition coefficient (Wildman–Crippen LogP) is 5.25. The summed E-state index contributed by atoms with van der Waals surface area (Å²) in [6.07, 6.45) is 0. The zero-order valence-electron chi connectivity index (χ0n) is 11.6. The number of methoxy groups -OCH3 is 1. The molecule has 2 aromatic heterocycles. The number of benzene rings is 2. The molecule has 0 amide bonds. The first kappa shape index (κ1) is 13.6. The van der Waals surface area contributed by atoms with Crippen LogP contribution >= 0.6 is 23.2 Å². The fourth-order valence-electron chi connectivity index (χ4n) is 2.70. The minimum absolute atomic E-state index is 0.427. The van der Waals surface area contributed by atoms with Crippen molar-refractivity contribution in [1.82, 2.24) is 9.97 Å². The Morgan fingerprint density at radius 1 is 0.773 bits per heavy atom. The maximum atomic E-state index is 6.38. The molecule has 0 N–H and O–H groups in total. The monoisotopic (exact) mass is 328 g/mol. The summed E-state index contributed by atoms with van der Waals surface area (Å²) in [4.78, 5) is 9.07. The second-order valence-corrected chi connectivity index (χ2v) is 5.68. The maximum Gasteiger partial charge on any atom is 0.137 e. The third-order valence-corrected chi connectivity index (χ3v) is 4.33. The van der Waals surface area contributed by atoms with E-state index in [9.17, 15) is 0 Å². The zero-order chi connectivity index (χ0) is 15.3. The van der Waals surface area contributed by atoms with Crippen LogP contribution in [-0.2, 0) is 0 Å². The van der Waals surface area contributed by atoms with Crippen molar-refractivity contribution in [1.29, 1.82) is 0 Å². The van der Waals surface area contributed by atoms with Crippen LogP contribution in [0, 0.1) is 0 Å². The third-order valence-electron chi connectivity index (χ3n) is 3.75. The minimum Gasteiger partial charge on any atom is -0.497 e. The Morgan fingerprint density at radius 2 is 1.36 bits per heavy atom. The summed E-state index contributed by atoms with van der Waals surface area (Å²) < 4.78 is 5.25. The van der Waals surface area contributed by atoms with E-state index in [2.05, 4.69) is 9.97 Å². The molecule has 0 radical (unpaired) electrons. The second kappa shape index (κ2) is 4.97. The van der Waals surface area contributed by atoms with Crippen molar-refractivity contribution in [2.75, 3.05) is 7.11 Å². The molecule has 0 bridgehead atoms. The van der Waals surface area contributed by atoms with Gasteiger partial charge in [-0.25, -0.2) is 9.97 Å². The van der Waals surface area contributed by atoms with E-state index in [4.69, 9.17) is 27.9 Å². The lowest BCUT2D eigenvalue weighted by atomic mass is 10.1. The highest BCUT2D eigenvalue weighted by Crippen LogP contribution is 2.35. The number of ether oxygens (including phenoxy) is 1. The molecular weight excluding hydrogens is 319 g/mol. The lowest BCUT2D eigenvalue weighted by molar-refractivity contribution is 0.415. The molecule has 0 aliphatic rings. The van der Waals surface area contributed by atoms with E-state index in [0.29, 0.717) is 10.3 Å². The summed E-state index contributed by atoms with van der Waals surface area (Å²) >= 11 is 12.7. The van der Waals surface area contributed by atoms with Crippen LogP contribution in [0.2, 0.25) is 10.3 Å². The predicted molar refractivity (Wildman–Crippen MR) is 91.1 cm³/mol. The second-order valence-electron chi connectivity index (χ2n) is 4.96. The number of fused-ring (bicyclic) bond motifs is 5. The van der Waals surface area contributed by atoms with Crippen LogP contribution in [0.25, 0.3) is 32.6 Å². The van der Waals surface area contributed by atoms with E-state index < -0.39 is 0 Å². The Balaban J connectivity index is 2.26. The SMILES string of the molecule is COc1ccc2c(c1)c(Cl)nc1c3ccccc3c(Cl)nc21. The van der Waals surface area contributed by atoms with Crippen molar-refractivity contribution in [3.8, 4) is 5.75 Å². The molecule has 0 spiro atoms. The summed E-state index contributed by atoms with van der Waals surface area (Å²) in [6, 6.07) is 13.4. The largest absolute Gasteiger partial charge is 0.497 e. The summed E-state index contributed by atoms with van der Waals surface area (Å²) in [5, 5.41) is 4.40. The highest BCUT2D eigenvalue weighted by atomic mass is 35.5. The molecule has 2 aromatic carbocycles. The molecule has 0 unspecified atom stereocenters. The Morgan fingerprint density at radius 3 is 2.05 bits per heavy atom. The van der Waals surface area contributed by atoms with E-state index in [1.807, 2.05) is 42.5 Å². The summed E-state index contributed by atoms with van der Waals surface area (Å²) in [5.74, 6) is 0.724. The van der Waals surface area contributed by atoms with Gasteiger partial charge in [-0.2, -0.15) is 0 Å². The van der Waals surface area contributed by atoms with E-state index >= 15 is 0 Å². The van der Waals surface area contributed by atoms with Gasteiger partial charge < -0.3 is 4.74 Å². The average Bonchev–Trinajstić information content (AvgIpc) is 2.56. The van der Waals surface area contributed by atoms with Crippen LogP contribution < -0.4 is 4.74 Å². The molecule has 0 atom stereocenters. The molecule has 0 aliphatic carbocycles. The van der Waals surface area contributed by atoms with Gasteiger partial charge in [0.1, 0.15) is 16.1 Å². The van der Waals surface area contributed by atoms with E-state index in [1.54, 1.807) is 7.11 Å². The smallest absolute Gasteiger partial charge is 0.137 e. The van der Waals surface area contributed by atoms with Gasteiger partial charge in [-0.05, 0) is 18.2 Å². The standard InChI is InChI=1S/C17H10Cl2N2O/c1-22-9-6-7-11-13(8-9)17(19)21-14-10-4-2-3-5-12(10)16(18)20-15(11)14/h2-8H,1H3. The van der Waals surface area contributed by atoms with Gasteiger partial charge in [0.25, 0.3) is 0 Å². The van der Waals surface area contributed by atoms with E-state index in [-0.39, 0.29) is 0 Å². The quantitative estimate of drug-likeness (QED) is 0.353. The van der Waals surface area contributed by atoms with Gasteiger partial charge in [-0.3, -0.25) is 0 Å². The summed E-state index contributed by atoms with van der Waals surface area (Å²) in [5.41, 5.74) is 1.49. The first-order valence-corrected chi connectivity index (χ1v) is 7.46. The number of rotatable bonds is 1.